The summed E-state index contributed by atoms with van der Waals surface area (Å²) in [6.07, 6.45) is 7.04. The SMILES string of the molecule is CCNC(=NCc1ccc(-n2ccnc2C)nc1)NCc1ncnn1C.I. The molecule has 3 aromatic heterocycles. The number of halogens is 1. The second-order valence-corrected chi connectivity index (χ2v) is 5.72. The molecule has 0 saturated carbocycles. The lowest BCUT2D eigenvalue weighted by molar-refractivity contribution is 0.673. The maximum atomic E-state index is 4.60. The first-order chi connectivity index (χ1) is 12.7. The average molecular weight is 481 g/mol. The molecule has 0 fully saturated rings. The van der Waals surface area contributed by atoms with Crippen molar-refractivity contribution >= 4 is 29.9 Å². The van der Waals surface area contributed by atoms with E-state index in [1.165, 1.54) is 6.33 Å². The minimum absolute atomic E-state index is 0. The average Bonchev–Trinajstić information content (AvgIpc) is 3.26. The van der Waals surface area contributed by atoms with E-state index in [1.54, 1.807) is 10.9 Å². The molecule has 0 saturated heterocycles. The topological polar surface area (TPSA) is 97.8 Å². The molecule has 2 N–H and O–H groups in total. The standard InChI is InChI=1S/C17H23N9.HI/c1-4-18-17(22-11-16-23-12-24-25(16)3)21-10-14-5-6-15(20-9-14)26-8-7-19-13(26)2;/h5-9,12H,4,10-11H2,1-3H3,(H2,18,21,22);1H. The molecule has 0 aliphatic heterocycles. The van der Waals surface area contributed by atoms with Crippen molar-refractivity contribution in [1.82, 2.24) is 39.9 Å². The highest BCUT2D eigenvalue weighted by Crippen LogP contribution is 2.09. The summed E-state index contributed by atoms with van der Waals surface area (Å²) < 4.78 is 3.68. The van der Waals surface area contributed by atoms with Gasteiger partial charge in [-0.2, -0.15) is 5.10 Å². The van der Waals surface area contributed by atoms with E-state index >= 15 is 0 Å². The van der Waals surface area contributed by atoms with Gasteiger partial charge in [0.05, 0.1) is 13.1 Å². The number of aliphatic imine (C=N–C) groups is 1. The Bertz CT molecular complexity index is 867. The Labute approximate surface area is 175 Å². The van der Waals surface area contributed by atoms with Crippen LogP contribution in [0.3, 0.4) is 0 Å². The molecule has 3 heterocycles. The van der Waals surface area contributed by atoms with E-state index in [0.29, 0.717) is 13.1 Å². The van der Waals surface area contributed by atoms with E-state index < -0.39 is 0 Å². The molecule has 0 spiro atoms. The molecule has 0 amide bonds. The predicted octanol–water partition coefficient (Wildman–Crippen LogP) is 1.58. The molecule has 0 atom stereocenters. The van der Waals surface area contributed by atoms with Gasteiger partial charge in [-0.1, -0.05) is 6.07 Å². The predicted molar refractivity (Wildman–Crippen MR) is 114 cm³/mol. The molecule has 0 bridgehead atoms. The number of pyridine rings is 1. The normalized spacial score (nSPS) is 11.1. The molecule has 0 aliphatic carbocycles. The quantitative estimate of drug-likeness (QED) is 0.315. The van der Waals surface area contributed by atoms with Crippen molar-refractivity contribution < 1.29 is 0 Å². The molecule has 0 aliphatic rings. The highest BCUT2D eigenvalue weighted by Gasteiger charge is 2.04. The number of imidazole rings is 1. The molecule has 0 radical (unpaired) electrons. The van der Waals surface area contributed by atoms with Crippen molar-refractivity contribution in [2.24, 2.45) is 12.0 Å². The third-order valence-corrected chi connectivity index (χ3v) is 3.86. The van der Waals surface area contributed by atoms with Crippen LogP contribution < -0.4 is 10.6 Å². The summed E-state index contributed by atoms with van der Waals surface area (Å²) >= 11 is 0. The lowest BCUT2D eigenvalue weighted by atomic mass is 10.3. The zero-order valence-corrected chi connectivity index (χ0v) is 18.0. The van der Waals surface area contributed by atoms with Crippen molar-refractivity contribution in [1.29, 1.82) is 0 Å². The Morgan fingerprint density at radius 2 is 2.04 bits per heavy atom. The molecule has 144 valence electrons. The summed E-state index contributed by atoms with van der Waals surface area (Å²) in [6.45, 7) is 5.85. The number of guanidine groups is 1. The van der Waals surface area contributed by atoms with Crippen LogP contribution in [-0.2, 0) is 20.1 Å². The minimum atomic E-state index is 0. The van der Waals surface area contributed by atoms with Gasteiger partial charge in [-0.15, -0.1) is 24.0 Å². The maximum Gasteiger partial charge on any atom is 0.191 e. The number of hydrogen-bond donors (Lipinski definition) is 2. The molecular formula is C17H24IN9. The monoisotopic (exact) mass is 481 g/mol. The third kappa shape index (κ3) is 5.49. The smallest absolute Gasteiger partial charge is 0.191 e. The van der Waals surface area contributed by atoms with Crippen LogP contribution in [-0.4, -0.2) is 41.8 Å². The van der Waals surface area contributed by atoms with Crippen LogP contribution >= 0.6 is 24.0 Å². The van der Waals surface area contributed by atoms with Crippen molar-refractivity contribution in [2.75, 3.05) is 6.54 Å². The molecule has 9 nitrogen and oxygen atoms in total. The van der Waals surface area contributed by atoms with Crippen LogP contribution in [0.4, 0.5) is 0 Å². The first kappa shape index (κ1) is 20.8. The van der Waals surface area contributed by atoms with Gasteiger partial charge >= 0.3 is 0 Å². The lowest BCUT2D eigenvalue weighted by Crippen LogP contribution is -2.37. The van der Waals surface area contributed by atoms with E-state index in [1.807, 2.05) is 50.0 Å². The van der Waals surface area contributed by atoms with Crippen LogP contribution in [0.25, 0.3) is 5.82 Å². The van der Waals surface area contributed by atoms with E-state index in [-0.39, 0.29) is 24.0 Å². The molecule has 0 aromatic carbocycles. The summed E-state index contributed by atoms with van der Waals surface area (Å²) in [6, 6.07) is 4.00. The number of nitrogens with one attached hydrogen (secondary N) is 2. The number of aryl methyl sites for hydroxylation is 2. The first-order valence-corrected chi connectivity index (χ1v) is 8.47. The fourth-order valence-electron chi connectivity index (χ4n) is 2.43. The lowest BCUT2D eigenvalue weighted by Gasteiger charge is -2.11. The van der Waals surface area contributed by atoms with E-state index in [2.05, 4.69) is 35.7 Å². The molecule has 0 unspecified atom stereocenters. The Hall–Kier alpha value is -2.50. The first-order valence-electron chi connectivity index (χ1n) is 8.47. The maximum absolute atomic E-state index is 4.60. The molecular weight excluding hydrogens is 457 g/mol. The van der Waals surface area contributed by atoms with E-state index in [9.17, 15) is 0 Å². The third-order valence-electron chi connectivity index (χ3n) is 3.86. The number of nitrogens with zero attached hydrogens (tertiary/aromatic N) is 7. The van der Waals surface area contributed by atoms with Crippen molar-refractivity contribution in [3.05, 3.63) is 54.3 Å². The summed E-state index contributed by atoms with van der Waals surface area (Å²) in [5, 5.41) is 10.5. The number of rotatable bonds is 6. The van der Waals surface area contributed by atoms with E-state index in [0.717, 1.165) is 35.5 Å². The minimum Gasteiger partial charge on any atom is -0.357 e. The molecule has 3 aromatic rings. The van der Waals surface area contributed by atoms with Gasteiger partial charge in [0.15, 0.2) is 5.96 Å². The summed E-state index contributed by atoms with van der Waals surface area (Å²) in [7, 11) is 1.86. The molecule has 10 heteroatoms. The van der Waals surface area contributed by atoms with E-state index in [4.69, 9.17) is 0 Å². The van der Waals surface area contributed by atoms with Crippen LogP contribution in [0.5, 0.6) is 0 Å². The largest absolute Gasteiger partial charge is 0.357 e. The highest BCUT2D eigenvalue weighted by molar-refractivity contribution is 14.0. The fourth-order valence-corrected chi connectivity index (χ4v) is 2.43. The summed E-state index contributed by atoms with van der Waals surface area (Å²) in [4.78, 5) is 17.5. The van der Waals surface area contributed by atoms with Crippen LogP contribution in [0.2, 0.25) is 0 Å². The number of aromatic nitrogens is 6. The Kier molecular flexibility index (Phi) is 7.70. The van der Waals surface area contributed by atoms with Crippen LogP contribution in [0.1, 0.15) is 24.1 Å². The number of hydrogen-bond acceptors (Lipinski definition) is 5. The van der Waals surface area contributed by atoms with Gasteiger partial charge in [0.1, 0.15) is 23.8 Å². The van der Waals surface area contributed by atoms with Gasteiger partial charge in [-0.3, -0.25) is 9.25 Å². The Morgan fingerprint density at radius 1 is 1.19 bits per heavy atom. The van der Waals surface area contributed by atoms with Gasteiger partial charge in [-0.05, 0) is 25.5 Å². The van der Waals surface area contributed by atoms with Gasteiger partial charge in [0, 0.05) is 32.2 Å². The van der Waals surface area contributed by atoms with Crippen LogP contribution in [0.15, 0.2) is 42.0 Å². The molecule has 3 rings (SSSR count). The zero-order valence-electron chi connectivity index (χ0n) is 15.6. The van der Waals surface area contributed by atoms with Crippen LogP contribution in [0, 0.1) is 6.92 Å². The van der Waals surface area contributed by atoms with Crippen molar-refractivity contribution in [3.8, 4) is 5.82 Å². The van der Waals surface area contributed by atoms with Crippen molar-refractivity contribution in [3.63, 3.8) is 0 Å². The van der Waals surface area contributed by atoms with Crippen molar-refractivity contribution in [2.45, 2.75) is 26.9 Å². The molecule has 27 heavy (non-hydrogen) atoms. The zero-order chi connectivity index (χ0) is 18.4. The van der Waals surface area contributed by atoms with Gasteiger partial charge in [0.2, 0.25) is 0 Å². The Morgan fingerprint density at radius 3 is 2.63 bits per heavy atom. The summed E-state index contributed by atoms with van der Waals surface area (Å²) in [5.41, 5.74) is 1.03. The Balaban J connectivity index is 0.00000261. The van der Waals surface area contributed by atoms with Gasteiger partial charge in [0.25, 0.3) is 0 Å². The second-order valence-electron chi connectivity index (χ2n) is 5.72. The summed E-state index contributed by atoms with van der Waals surface area (Å²) in [5.74, 6) is 3.33. The highest BCUT2D eigenvalue weighted by atomic mass is 127. The van der Waals surface area contributed by atoms with Gasteiger partial charge in [-0.25, -0.2) is 19.9 Å². The second kappa shape index (κ2) is 10.00. The van der Waals surface area contributed by atoms with Gasteiger partial charge < -0.3 is 10.6 Å². The fraction of sp³-hybridized carbons (Fsp3) is 0.353.